The third kappa shape index (κ3) is 5.51. The Morgan fingerprint density at radius 1 is 1.15 bits per heavy atom. The molecule has 1 aliphatic carbocycles. The lowest BCUT2D eigenvalue weighted by Gasteiger charge is -2.18. The fraction of sp³-hybridized carbons (Fsp3) is 0.500. The molecule has 0 saturated heterocycles. The van der Waals surface area contributed by atoms with Crippen LogP contribution in [0, 0.1) is 5.92 Å². The van der Waals surface area contributed by atoms with Gasteiger partial charge in [-0.3, -0.25) is 4.79 Å². The summed E-state index contributed by atoms with van der Waals surface area (Å²) in [6.07, 6.45) is 6.46. The fourth-order valence-electron chi connectivity index (χ4n) is 2.91. The van der Waals surface area contributed by atoms with Gasteiger partial charge in [-0.05, 0) is 37.5 Å². The maximum absolute atomic E-state index is 11.6. The van der Waals surface area contributed by atoms with Crippen molar-refractivity contribution in [2.24, 2.45) is 10.9 Å². The Kier molecular flexibility index (Phi) is 6.52. The van der Waals surface area contributed by atoms with E-state index >= 15 is 0 Å². The Morgan fingerprint density at radius 2 is 1.92 bits per heavy atom. The largest absolute Gasteiger partial charge is 0.364 e. The molecule has 0 spiro atoms. The monoisotopic (exact) mass is 355 g/mol. The molecule has 1 aromatic rings. The molecular weight excluding hydrogens is 326 g/mol. The molecule has 1 aromatic carbocycles. The first-order valence-corrected chi connectivity index (χ1v) is 9.55. The number of guanidine groups is 1. The Bertz CT molecular complexity index is 658. The van der Waals surface area contributed by atoms with Gasteiger partial charge in [0.1, 0.15) is 0 Å². The lowest BCUT2D eigenvalue weighted by Crippen LogP contribution is -2.41. The standard InChI is InChI=1S/C20H29N5O/c1-2-21-20(23-11-10-22-19(26)17-8-9-17)24-15-16-6-5-7-18(14-16)25-12-3-4-13-25/h3-7,14,17H,2,8-13,15H2,1H3,(H,22,26)(H2,21,23,24). The number of nitrogens with one attached hydrogen (secondary N) is 3. The van der Waals surface area contributed by atoms with Crippen LogP contribution in [0.2, 0.25) is 0 Å². The van der Waals surface area contributed by atoms with Crippen molar-refractivity contribution < 1.29 is 4.79 Å². The van der Waals surface area contributed by atoms with Crippen LogP contribution < -0.4 is 20.9 Å². The van der Waals surface area contributed by atoms with Crippen LogP contribution in [0.25, 0.3) is 0 Å². The van der Waals surface area contributed by atoms with Crippen LogP contribution in [-0.2, 0) is 11.3 Å². The molecule has 0 bridgehead atoms. The molecule has 0 atom stereocenters. The van der Waals surface area contributed by atoms with Gasteiger partial charge in [0.25, 0.3) is 0 Å². The van der Waals surface area contributed by atoms with Crippen LogP contribution in [0.15, 0.2) is 41.4 Å². The summed E-state index contributed by atoms with van der Waals surface area (Å²) in [5.41, 5.74) is 2.43. The number of hydrogen-bond donors (Lipinski definition) is 3. The molecular formula is C20H29N5O. The second-order valence-electron chi connectivity index (χ2n) is 6.73. The molecule has 3 N–H and O–H groups in total. The van der Waals surface area contributed by atoms with E-state index in [1.807, 2.05) is 6.92 Å². The Hall–Kier alpha value is -2.50. The normalized spacial score (nSPS) is 16.7. The van der Waals surface area contributed by atoms with E-state index in [2.05, 4.69) is 62.3 Å². The zero-order chi connectivity index (χ0) is 18.2. The van der Waals surface area contributed by atoms with Crippen molar-refractivity contribution >= 4 is 17.6 Å². The van der Waals surface area contributed by atoms with E-state index in [1.54, 1.807) is 0 Å². The highest BCUT2D eigenvalue weighted by atomic mass is 16.2. The molecule has 1 saturated carbocycles. The first kappa shape index (κ1) is 18.3. The third-order valence-electron chi connectivity index (χ3n) is 4.52. The molecule has 0 radical (unpaired) electrons. The molecule has 1 heterocycles. The number of carbonyl (C=O) groups is 1. The molecule has 3 rings (SSSR count). The smallest absolute Gasteiger partial charge is 0.223 e. The van der Waals surface area contributed by atoms with Gasteiger partial charge in [0.15, 0.2) is 5.96 Å². The minimum Gasteiger partial charge on any atom is -0.364 e. The predicted octanol–water partition coefficient (Wildman–Crippen LogP) is 1.64. The van der Waals surface area contributed by atoms with Gasteiger partial charge in [-0.2, -0.15) is 0 Å². The summed E-state index contributed by atoms with van der Waals surface area (Å²) >= 11 is 0. The Morgan fingerprint density at radius 3 is 2.65 bits per heavy atom. The number of amides is 1. The molecule has 26 heavy (non-hydrogen) atoms. The summed E-state index contributed by atoms with van der Waals surface area (Å²) in [5.74, 6) is 1.22. The Balaban J connectivity index is 1.48. The minimum absolute atomic E-state index is 0.182. The Labute approximate surface area is 155 Å². The zero-order valence-electron chi connectivity index (χ0n) is 15.5. The number of nitrogens with zero attached hydrogens (tertiary/aromatic N) is 2. The maximum atomic E-state index is 11.6. The first-order valence-electron chi connectivity index (χ1n) is 9.55. The maximum Gasteiger partial charge on any atom is 0.223 e. The number of rotatable bonds is 8. The van der Waals surface area contributed by atoms with Crippen LogP contribution >= 0.6 is 0 Å². The van der Waals surface area contributed by atoms with Crippen molar-refractivity contribution in [2.75, 3.05) is 37.6 Å². The molecule has 6 nitrogen and oxygen atoms in total. The number of aliphatic imine (C=N–C) groups is 1. The van der Waals surface area contributed by atoms with E-state index in [0.717, 1.165) is 38.4 Å². The van der Waals surface area contributed by atoms with Crippen molar-refractivity contribution in [2.45, 2.75) is 26.3 Å². The highest BCUT2D eigenvalue weighted by molar-refractivity contribution is 5.81. The number of benzene rings is 1. The molecule has 6 heteroatoms. The molecule has 0 aromatic heterocycles. The predicted molar refractivity (Wildman–Crippen MR) is 106 cm³/mol. The van der Waals surface area contributed by atoms with E-state index in [4.69, 9.17) is 0 Å². The SMILES string of the molecule is CCNC(=NCc1cccc(N2CC=CC2)c1)NCCNC(=O)C1CC1. The summed E-state index contributed by atoms with van der Waals surface area (Å²) in [6, 6.07) is 8.55. The molecule has 140 valence electrons. The van der Waals surface area contributed by atoms with Gasteiger partial charge >= 0.3 is 0 Å². The molecule has 1 amide bonds. The highest BCUT2D eigenvalue weighted by Crippen LogP contribution is 2.28. The molecule has 1 aliphatic heterocycles. The first-order chi connectivity index (χ1) is 12.8. The van der Waals surface area contributed by atoms with Crippen molar-refractivity contribution in [3.8, 4) is 0 Å². The number of hydrogen-bond acceptors (Lipinski definition) is 3. The lowest BCUT2D eigenvalue weighted by molar-refractivity contribution is -0.122. The van der Waals surface area contributed by atoms with Gasteiger partial charge in [0, 0.05) is 44.3 Å². The van der Waals surface area contributed by atoms with E-state index in [-0.39, 0.29) is 11.8 Å². The number of carbonyl (C=O) groups excluding carboxylic acids is 1. The van der Waals surface area contributed by atoms with Gasteiger partial charge in [0.2, 0.25) is 5.91 Å². The average molecular weight is 355 g/mol. The van der Waals surface area contributed by atoms with Gasteiger partial charge in [0.05, 0.1) is 6.54 Å². The van der Waals surface area contributed by atoms with Crippen LogP contribution in [0.3, 0.4) is 0 Å². The van der Waals surface area contributed by atoms with Crippen molar-refractivity contribution in [3.63, 3.8) is 0 Å². The summed E-state index contributed by atoms with van der Waals surface area (Å²) in [7, 11) is 0. The summed E-state index contributed by atoms with van der Waals surface area (Å²) < 4.78 is 0. The number of anilines is 1. The second-order valence-corrected chi connectivity index (χ2v) is 6.73. The summed E-state index contributed by atoms with van der Waals surface area (Å²) in [4.78, 5) is 18.6. The van der Waals surface area contributed by atoms with Crippen LogP contribution in [0.1, 0.15) is 25.3 Å². The molecule has 0 unspecified atom stereocenters. The van der Waals surface area contributed by atoms with Crippen LogP contribution in [0.5, 0.6) is 0 Å². The van der Waals surface area contributed by atoms with E-state index in [1.165, 1.54) is 11.3 Å². The summed E-state index contributed by atoms with van der Waals surface area (Å²) in [6.45, 7) is 6.72. The quantitative estimate of drug-likeness (QED) is 0.287. The minimum atomic E-state index is 0.182. The zero-order valence-corrected chi connectivity index (χ0v) is 15.5. The highest BCUT2D eigenvalue weighted by Gasteiger charge is 2.28. The summed E-state index contributed by atoms with van der Waals surface area (Å²) in [5, 5.41) is 9.49. The van der Waals surface area contributed by atoms with E-state index < -0.39 is 0 Å². The average Bonchev–Trinajstić information content (AvgIpc) is 3.37. The van der Waals surface area contributed by atoms with Crippen LogP contribution in [0.4, 0.5) is 5.69 Å². The molecule has 2 aliphatic rings. The topological polar surface area (TPSA) is 68.8 Å². The second kappa shape index (κ2) is 9.27. The lowest BCUT2D eigenvalue weighted by atomic mass is 10.2. The van der Waals surface area contributed by atoms with Crippen molar-refractivity contribution in [1.82, 2.24) is 16.0 Å². The van der Waals surface area contributed by atoms with Gasteiger partial charge in [-0.15, -0.1) is 0 Å². The van der Waals surface area contributed by atoms with E-state index in [9.17, 15) is 4.79 Å². The van der Waals surface area contributed by atoms with Crippen molar-refractivity contribution in [3.05, 3.63) is 42.0 Å². The van der Waals surface area contributed by atoms with Crippen LogP contribution in [-0.4, -0.2) is 44.6 Å². The van der Waals surface area contributed by atoms with Crippen molar-refractivity contribution in [1.29, 1.82) is 0 Å². The van der Waals surface area contributed by atoms with Gasteiger partial charge in [-0.25, -0.2) is 4.99 Å². The van der Waals surface area contributed by atoms with Gasteiger partial charge in [-0.1, -0.05) is 24.3 Å². The molecule has 1 fully saturated rings. The van der Waals surface area contributed by atoms with E-state index in [0.29, 0.717) is 19.6 Å². The fourth-order valence-corrected chi connectivity index (χ4v) is 2.91. The van der Waals surface area contributed by atoms with Gasteiger partial charge < -0.3 is 20.9 Å². The third-order valence-corrected chi connectivity index (χ3v) is 4.52.